The molecule has 0 aliphatic heterocycles. The lowest BCUT2D eigenvalue weighted by atomic mass is 10.0. The maximum atomic E-state index is 11.5. The molecule has 0 fully saturated rings. The number of sulfone groups is 1. The fourth-order valence-corrected chi connectivity index (χ4v) is 1.79. The van der Waals surface area contributed by atoms with E-state index >= 15 is 0 Å². The van der Waals surface area contributed by atoms with Crippen molar-refractivity contribution in [1.82, 2.24) is 0 Å². The van der Waals surface area contributed by atoms with E-state index in [-0.39, 0.29) is 29.8 Å². The number of esters is 1. The zero-order valence-electron chi connectivity index (χ0n) is 11.0. The second-order valence-electron chi connectivity index (χ2n) is 5.30. The molecule has 0 radical (unpaired) electrons. The molecule has 0 heterocycles. The van der Waals surface area contributed by atoms with E-state index in [0.717, 1.165) is 6.26 Å². The van der Waals surface area contributed by atoms with Crippen molar-refractivity contribution in [1.29, 1.82) is 5.41 Å². The third-order valence-electron chi connectivity index (χ3n) is 1.92. The summed E-state index contributed by atoms with van der Waals surface area (Å²) in [6.07, 6.45) is 1.18. The fourth-order valence-electron chi connectivity index (χ4n) is 1.21. The highest BCUT2D eigenvalue weighted by molar-refractivity contribution is 8.05. The third kappa shape index (κ3) is 7.90. The van der Waals surface area contributed by atoms with E-state index in [0.29, 0.717) is 0 Å². The van der Waals surface area contributed by atoms with Gasteiger partial charge in [-0.1, -0.05) is 6.92 Å². The molecular weight excluding hydrogens is 242 g/mol. The second kappa shape index (κ2) is 5.62. The maximum absolute atomic E-state index is 11.5. The average molecular weight is 263 g/mol. The number of carbonyl (C=O) groups is 1. The maximum Gasteiger partial charge on any atom is 0.306 e. The van der Waals surface area contributed by atoms with E-state index in [9.17, 15) is 13.2 Å². The van der Waals surface area contributed by atoms with E-state index in [2.05, 4.69) is 0 Å². The largest absolute Gasteiger partial charge is 0.460 e. The summed E-state index contributed by atoms with van der Waals surface area (Å²) in [5.41, 5.74) is -0.541. The van der Waals surface area contributed by atoms with Crippen LogP contribution in [0.3, 0.4) is 0 Å². The summed E-state index contributed by atoms with van der Waals surface area (Å²) < 4.78 is 27.2. The molecule has 0 saturated carbocycles. The first-order valence-corrected chi connectivity index (χ1v) is 7.30. The molecule has 0 rings (SSSR count). The molecule has 100 valence electrons. The van der Waals surface area contributed by atoms with Crippen molar-refractivity contribution in [3.63, 3.8) is 0 Å². The first kappa shape index (κ1) is 16.1. The van der Waals surface area contributed by atoms with Gasteiger partial charge in [0.25, 0.3) is 0 Å². The number of nitrogens with one attached hydrogen (secondary N) is 1. The van der Waals surface area contributed by atoms with Gasteiger partial charge in [0.15, 0.2) is 9.84 Å². The van der Waals surface area contributed by atoms with Gasteiger partial charge < -0.3 is 4.74 Å². The van der Waals surface area contributed by atoms with Crippen LogP contribution in [0, 0.1) is 11.3 Å². The molecule has 1 N–H and O–H groups in total. The Bertz CT molecular complexity index is 392. The molecule has 0 aromatic rings. The van der Waals surface area contributed by atoms with Gasteiger partial charge in [0.05, 0.1) is 0 Å². The summed E-state index contributed by atoms with van der Waals surface area (Å²) in [7, 11) is -3.44. The van der Waals surface area contributed by atoms with Crippen LogP contribution in [0.25, 0.3) is 0 Å². The number of carbonyl (C=O) groups excluding carboxylic acids is 1. The van der Waals surface area contributed by atoms with Crippen molar-refractivity contribution in [3.8, 4) is 0 Å². The molecule has 0 aliphatic rings. The predicted molar refractivity (Wildman–Crippen MR) is 66.8 cm³/mol. The summed E-state index contributed by atoms with van der Waals surface area (Å²) in [6.45, 7) is 7.04. The van der Waals surface area contributed by atoms with Crippen LogP contribution in [0.4, 0.5) is 0 Å². The summed E-state index contributed by atoms with van der Waals surface area (Å²) in [4.78, 5) is 11.5. The molecule has 0 aliphatic carbocycles. The van der Waals surface area contributed by atoms with E-state index in [4.69, 9.17) is 10.1 Å². The lowest BCUT2D eigenvalue weighted by Crippen LogP contribution is -2.25. The number of hydrogen-bond acceptors (Lipinski definition) is 5. The molecular formula is C11H21NO4S. The highest BCUT2D eigenvalue weighted by Gasteiger charge is 2.21. The van der Waals surface area contributed by atoms with Crippen molar-refractivity contribution in [3.05, 3.63) is 0 Å². The first-order valence-electron chi connectivity index (χ1n) is 5.41. The molecule has 1 unspecified atom stereocenters. The zero-order valence-corrected chi connectivity index (χ0v) is 11.8. The Morgan fingerprint density at radius 1 is 1.29 bits per heavy atom. The molecule has 0 amide bonds. The fraction of sp³-hybridized carbons (Fsp3) is 0.818. The van der Waals surface area contributed by atoms with Crippen molar-refractivity contribution in [2.75, 3.05) is 6.26 Å². The number of hydrogen-bond donors (Lipinski definition) is 1. The minimum atomic E-state index is -3.44. The standard InChI is InChI=1S/C11H21NO4S/c1-8(6-9(12)17(5,14)15)7-10(13)16-11(2,3)4/h8,12H,6-7H2,1-5H3. The minimum absolute atomic E-state index is 0.0675. The number of rotatable bonds is 4. The molecule has 0 spiro atoms. The quantitative estimate of drug-likeness (QED) is 0.476. The normalized spacial score (nSPS) is 14.2. The van der Waals surface area contributed by atoms with Crippen LogP contribution in [0.15, 0.2) is 0 Å². The molecule has 1 atom stereocenters. The summed E-state index contributed by atoms with van der Waals surface area (Å²) in [5.74, 6) is -0.585. The Morgan fingerprint density at radius 2 is 1.76 bits per heavy atom. The smallest absolute Gasteiger partial charge is 0.306 e. The Hall–Kier alpha value is -0.910. The van der Waals surface area contributed by atoms with Crippen LogP contribution in [-0.2, 0) is 19.4 Å². The molecule has 6 heteroatoms. The average Bonchev–Trinajstić information content (AvgIpc) is 1.96. The van der Waals surface area contributed by atoms with E-state index < -0.39 is 15.4 Å². The second-order valence-corrected chi connectivity index (χ2v) is 7.33. The van der Waals surface area contributed by atoms with Gasteiger partial charge in [0.1, 0.15) is 10.6 Å². The third-order valence-corrected chi connectivity index (χ3v) is 2.98. The summed E-state index contributed by atoms with van der Waals surface area (Å²) in [6, 6.07) is 0. The monoisotopic (exact) mass is 263 g/mol. The van der Waals surface area contributed by atoms with Crippen LogP contribution in [0.2, 0.25) is 0 Å². The molecule has 0 aromatic carbocycles. The zero-order chi connectivity index (χ0) is 13.9. The Balaban J connectivity index is 4.25. The van der Waals surface area contributed by atoms with E-state index in [1.54, 1.807) is 27.7 Å². The minimum Gasteiger partial charge on any atom is -0.460 e. The lowest BCUT2D eigenvalue weighted by molar-refractivity contribution is -0.155. The Labute approximate surface area is 103 Å². The lowest BCUT2D eigenvalue weighted by Gasteiger charge is -2.20. The summed E-state index contributed by atoms with van der Waals surface area (Å²) >= 11 is 0. The van der Waals surface area contributed by atoms with Crippen LogP contribution in [0.5, 0.6) is 0 Å². The van der Waals surface area contributed by atoms with Gasteiger partial charge in [-0.05, 0) is 26.7 Å². The molecule has 0 aromatic heterocycles. The van der Waals surface area contributed by atoms with Gasteiger partial charge in [-0.2, -0.15) is 0 Å². The summed E-state index contributed by atoms with van der Waals surface area (Å²) in [5, 5.41) is 7.02. The van der Waals surface area contributed by atoms with E-state index in [1.165, 1.54) is 0 Å². The van der Waals surface area contributed by atoms with Crippen molar-refractivity contribution >= 4 is 20.9 Å². The van der Waals surface area contributed by atoms with Gasteiger partial charge >= 0.3 is 5.97 Å². The highest BCUT2D eigenvalue weighted by atomic mass is 32.2. The predicted octanol–water partition coefficient (Wildman–Crippen LogP) is 1.77. The van der Waals surface area contributed by atoms with Crippen molar-refractivity contribution in [2.45, 2.75) is 46.1 Å². The van der Waals surface area contributed by atoms with Gasteiger partial charge in [0, 0.05) is 19.1 Å². The Kier molecular flexibility index (Phi) is 5.32. The van der Waals surface area contributed by atoms with Gasteiger partial charge in [-0.25, -0.2) is 8.42 Å². The molecule has 0 bridgehead atoms. The topological polar surface area (TPSA) is 84.3 Å². The van der Waals surface area contributed by atoms with Crippen LogP contribution >= 0.6 is 0 Å². The van der Waals surface area contributed by atoms with Crippen LogP contribution in [-0.4, -0.2) is 31.3 Å². The molecule has 17 heavy (non-hydrogen) atoms. The molecule has 0 saturated heterocycles. The highest BCUT2D eigenvalue weighted by Crippen LogP contribution is 2.15. The molecule has 5 nitrogen and oxygen atoms in total. The van der Waals surface area contributed by atoms with Crippen LogP contribution in [0.1, 0.15) is 40.5 Å². The van der Waals surface area contributed by atoms with E-state index in [1.807, 2.05) is 0 Å². The Morgan fingerprint density at radius 3 is 2.12 bits per heavy atom. The van der Waals surface area contributed by atoms with Crippen molar-refractivity contribution < 1.29 is 17.9 Å². The van der Waals surface area contributed by atoms with Gasteiger partial charge in [0.2, 0.25) is 0 Å². The van der Waals surface area contributed by atoms with Crippen molar-refractivity contribution in [2.24, 2.45) is 5.92 Å². The first-order chi connectivity index (χ1) is 7.42. The SMILES string of the molecule is CC(CC(=N)S(C)(=O)=O)CC(=O)OC(C)(C)C. The van der Waals surface area contributed by atoms with Crippen LogP contribution < -0.4 is 0 Å². The van der Waals surface area contributed by atoms with Gasteiger partial charge in [-0.3, -0.25) is 10.2 Å². The van der Waals surface area contributed by atoms with Gasteiger partial charge in [-0.15, -0.1) is 0 Å². The number of ether oxygens (including phenoxy) is 1.